The Hall–Kier alpha value is -1.05. The highest BCUT2D eigenvalue weighted by Gasteiger charge is 2.24. The fraction of sp³-hybridized carbons (Fsp3) is 0.667. The van der Waals surface area contributed by atoms with Crippen molar-refractivity contribution in [3.8, 4) is 0 Å². The summed E-state index contributed by atoms with van der Waals surface area (Å²) in [7, 11) is 0. The number of piperidine rings is 2. The quantitative estimate of drug-likeness (QED) is 0.700. The zero-order chi connectivity index (χ0) is 19.2. The van der Waals surface area contributed by atoms with E-state index >= 15 is 0 Å². The van der Waals surface area contributed by atoms with Gasteiger partial charge in [-0.05, 0) is 61.6 Å². The molecule has 5 nitrogen and oxygen atoms in total. The van der Waals surface area contributed by atoms with Gasteiger partial charge in [-0.15, -0.1) is 11.8 Å². The summed E-state index contributed by atoms with van der Waals surface area (Å²) in [5.74, 6) is 2.29. The van der Waals surface area contributed by atoms with Crippen molar-refractivity contribution in [3.05, 3.63) is 23.3 Å². The molecule has 0 amide bonds. The molecule has 4 heterocycles. The molecule has 152 valence electrons. The molecule has 1 N–H and O–H groups in total. The lowest BCUT2D eigenvalue weighted by Crippen LogP contribution is -2.39. The van der Waals surface area contributed by atoms with Crippen molar-refractivity contribution < 1.29 is 0 Å². The van der Waals surface area contributed by atoms with Crippen LogP contribution in [-0.4, -0.2) is 71.2 Å². The lowest BCUT2D eigenvalue weighted by Gasteiger charge is -2.35. The average molecular weight is 418 g/mol. The molecule has 4 aliphatic rings. The summed E-state index contributed by atoms with van der Waals surface area (Å²) in [6, 6.07) is 0. The van der Waals surface area contributed by atoms with Crippen LogP contribution in [0.5, 0.6) is 0 Å². The summed E-state index contributed by atoms with van der Waals surface area (Å²) in [5.41, 5.74) is 1.09. The van der Waals surface area contributed by atoms with E-state index in [2.05, 4.69) is 38.6 Å². The van der Waals surface area contributed by atoms with Gasteiger partial charge in [-0.1, -0.05) is 17.8 Å². The van der Waals surface area contributed by atoms with Crippen molar-refractivity contribution >= 4 is 41.1 Å². The molecule has 0 bridgehead atoms. The Morgan fingerprint density at radius 2 is 1.89 bits per heavy atom. The molecule has 0 radical (unpaired) electrons. The van der Waals surface area contributed by atoms with Crippen molar-refractivity contribution in [3.63, 3.8) is 0 Å². The van der Waals surface area contributed by atoms with Crippen LogP contribution >= 0.6 is 23.5 Å². The molecule has 0 saturated carbocycles. The summed E-state index contributed by atoms with van der Waals surface area (Å²) in [6.45, 7) is 5.41. The molecule has 28 heavy (non-hydrogen) atoms. The highest BCUT2D eigenvalue weighted by molar-refractivity contribution is 8.13. The fourth-order valence-electron chi connectivity index (χ4n) is 4.10. The molecule has 1 unspecified atom stereocenters. The third kappa shape index (κ3) is 5.30. The molecule has 4 rings (SSSR count). The van der Waals surface area contributed by atoms with Gasteiger partial charge >= 0.3 is 0 Å². The van der Waals surface area contributed by atoms with Gasteiger partial charge in [0.05, 0.1) is 11.1 Å². The Morgan fingerprint density at radius 3 is 2.54 bits per heavy atom. The molecule has 7 heteroatoms. The number of thioether (sulfide) groups is 2. The zero-order valence-corrected chi connectivity index (χ0v) is 18.1. The standard InChI is InChI=1S/C21H31N5S2/c22-14-17-4-9-25(10-5-17)20-3-2-19(16-28-20)24-15-18-6-11-26(12-7-18)21-23-8-1-13-27-21/h2-3,14-18,20,22H,1,4-13H2. The lowest BCUT2D eigenvalue weighted by molar-refractivity contribution is 0.216. The molecule has 0 aromatic carbocycles. The van der Waals surface area contributed by atoms with Gasteiger partial charge in [0.15, 0.2) is 5.17 Å². The van der Waals surface area contributed by atoms with Crippen LogP contribution in [0.2, 0.25) is 0 Å². The van der Waals surface area contributed by atoms with Gasteiger partial charge in [0.1, 0.15) is 0 Å². The first-order valence-corrected chi connectivity index (χ1v) is 12.5. The van der Waals surface area contributed by atoms with Gasteiger partial charge < -0.3 is 10.3 Å². The van der Waals surface area contributed by atoms with Crippen molar-refractivity contribution in [1.29, 1.82) is 5.41 Å². The first kappa shape index (κ1) is 20.2. The summed E-state index contributed by atoms with van der Waals surface area (Å²) in [4.78, 5) is 14.5. The highest BCUT2D eigenvalue weighted by atomic mass is 32.2. The van der Waals surface area contributed by atoms with E-state index in [1.807, 2.05) is 23.5 Å². The largest absolute Gasteiger partial charge is 0.351 e. The van der Waals surface area contributed by atoms with Crippen LogP contribution in [0.15, 0.2) is 33.2 Å². The molecule has 0 aromatic rings. The van der Waals surface area contributed by atoms with Gasteiger partial charge in [0.25, 0.3) is 0 Å². The van der Waals surface area contributed by atoms with Crippen LogP contribution in [0.25, 0.3) is 0 Å². The number of aliphatic imine (C=N–C) groups is 2. The Morgan fingerprint density at radius 1 is 1.11 bits per heavy atom. The number of nitrogens with one attached hydrogen (secondary N) is 1. The first-order chi connectivity index (χ1) is 13.8. The summed E-state index contributed by atoms with van der Waals surface area (Å²) >= 11 is 3.80. The van der Waals surface area contributed by atoms with E-state index in [0.29, 0.717) is 17.2 Å². The summed E-state index contributed by atoms with van der Waals surface area (Å²) in [5, 5.41) is 11.3. The van der Waals surface area contributed by atoms with Crippen LogP contribution in [-0.2, 0) is 0 Å². The van der Waals surface area contributed by atoms with Gasteiger partial charge in [-0.3, -0.25) is 14.9 Å². The van der Waals surface area contributed by atoms with E-state index < -0.39 is 0 Å². The van der Waals surface area contributed by atoms with Crippen LogP contribution in [0.1, 0.15) is 32.1 Å². The minimum absolute atomic E-state index is 0.433. The number of allylic oxidation sites excluding steroid dienone is 1. The van der Waals surface area contributed by atoms with Gasteiger partial charge in [0.2, 0.25) is 0 Å². The van der Waals surface area contributed by atoms with Gasteiger partial charge in [0, 0.05) is 44.7 Å². The topological polar surface area (TPSA) is 55.1 Å². The van der Waals surface area contributed by atoms with E-state index in [1.54, 1.807) is 6.21 Å². The number of hydrogen-bond donors (Lipinski definition) is 1. The molecule has 4 aliphatic heterocycles. The second kappa shape index (κ2) is 10.1. The molecule has 1 atom stereocenters. The second-order valence-corrected chi connectivity index (χ2v) is 9.99. The zero-order valence-electron chi connectivity index (χ0n) is 16.5. The van der Waals surface area contributed by atoms with E-state index in [0.717, 1.165) is 51.3 Å². The normalized spacial score (nSPS) is 28.4. The summed E-state index contributed by atoms with van der Waals surface area (Å²) in [6.07, 6.45) is 14.1. The highest BCUT2D eigenvalue weighted by Crippen LogP contribution is 2.29. The molecular formula is C21H31N5S2. The molecule has 0 spiro atoms. The lowest BCUT2D eigenvalue weighted by atomic mass is 9.98. The number of likely N-dealkylation sites (tertiary alicyclic amines) is 2. The van der Waals surface area contributed by atoms with Gasteiger partial charge in [-0.2, -0.15) is 0 Å². The third-order valence-electron chi connectivity index (χ3n) is 5.95. The smallest absolute Gasteiger partial charge is 0.159 e. The maximum atomic E-state index is 7.43. The predicted octanol–water partition coefficient (Wildman–Crippen LogP) is 4.09. The number of nitrogens with zero attached hydrogens (tertiary/aromatic N) is 4. The Labute approximate surface area is 177 Å². The fourth-order valence-corrected chi connectivity index (χ4v) is 6.07. The van der Waals surface area contributed by atoms with Crippen LogP contribution in [0.4, 0.5) is 0 Å². The Balaban J connectivity index is 1.21. The molecule has 0 aromatic heterocycles. The van der Waals surface area contributed by atoms with Crippen molar-refractivity contribution in [2.75, 3.05) is 38.5 Å². The van der Waals surface area contributed by atoms with E-state index in [1.165, 1.54) is 30.2 Å². The van der Waals surface area contributed by atoms with Crippen molar-refractivity contribution in [1.82, 2.24) is 9.80 Å². The molecule has 2 fully saturated rings. The average Bonchev–Trinajstić information content (AvgIpc) is 2.79. The molecule has 0 aliphatic carbocycles. The van der Waals surface area contributed by atoms with Crippen molar-refractivity contribution in [2.24, 2.45) is 21.8 Å². The first-order valence-electron chi connectivity index (χ1n) is 10.6. The maximum Gasteiger partial charge on any atom is 0.159 e. The van der Waals surface area contributed by atoms with Crippen LogP contribution < -0.4 is 0 Å². The monoisotopic (exact) mass is 417 g/mol. The van der Waals surface area contributed by atoms with Crippen LogP contribution in [0, 0.1) is 17.2 Å². The predicted molar refractivity (Wildman–Crippen MR) is 124 cm³/mol. The number of rotatable bonds is 4. The minimum atomic E-state index is 0.433. The Kier molecular flexibility index (Phi) is 7.31. The molecular weight excluding hydrogens is 386 g/mol. The van der Waals surface area contributed by atoms with Crippen LogP contribution in [0.3, 0.4) is 0 Å². The minimum Gasteiger partial charge on any atom is -0.351 e. The van der Waals surface area contributed by atoms with E-state index in [4.69, 9.17) is 10.4 Å². The SMILES string of the molecule is N=CC1CCN(C2C=CC(N=CC3CCN(C4=NCCCS4)CC3)=CS2)CC1. The van der Waals surface area contributed by atoms with E-state index in [9.17, 15) is 0 Å². The number of hydrogen-bond acceptors (Lipinski definition) is 7. The van der Waals surface area contributed by atoms with E-state index in [-0.39, 0.29) is 0 Å². The Bertz CT molecular complexity index is 656. The maximum absolute atomic E-state index is 7.43. The van der Waals surface area contributed by atoms with Crippen molar-refractivity contribution in [2.45, 2.75) is 37.5 Å². The molecule has 2 saturated heterocycles. The number of amidine groups is 1. The summed E-state index contributed by atoms with van der Waals surface area (Å²) < 4.78 is 0. The van der Waals surface area contributed by atoms with Gasteiger partial charge in [-0.25, -0.2) is 0 Å². The third-order valence-corrected chi connectivity index (χ3v) is 8.20. The second-order valence-electron chi connectivity index (χ2n) is 7.94.